The lowest BCUT2D eigenvalue weighted by Crippen LogP contribution is -2.28. The van der Waals surface area contributed by atoms with Crippen molar-refractivity contribution in [2.45, 2.75) is 6.92 Å². The summed E-state index contributed by atoms with van der Waals surface area (Å²) >= 11 is 0. The summed E-state index contributed by atoms with van der Waals surface area (Å²) in [5, 5.41) is 0. The Labute approximate surface area is 143 Å². The van der Waals surface area contributed by atoms with Gasteiger partial charge >= 0.3 is 5.97 Å². The number of carbonyl (C=O) groups is 2. The van der Waals surface area contributed by atoms with E-state index in [0.29, 0.717) is 17.0 Å². The fourth-order valence-corrected chi connectivity index (χ4v) is 2.40. The van der Waals surface area contributed by atoms with Gasteiger partial charge in [-0.25, -0.2) is 9.78 Å². The van der Waals surface area contributed by atoms with Crippen LogP contribution in [0.2, 0.25) is 0 Å². The average Bonchev–Trinajstić information content (AvgIpc) is 3.31. The van der Waals surface area contributed by atoms with E-state index in [1.54, 1.807) is 50.4 Å². The number of oxazole rings is 1. The molecule has 0 unspecified atom stereocenters. The van der Waals surface area contributed by atoms with E-state index in [1.165, 1.54) is 17.6 Å². The molecule has 0 spiro atoms. The zero-order chi connectivity index (χ0) is 17.8. The molecule has 0 saturated heterocycles. The normalized spacial score (nSPS) is 10.5. The molecular formula is C18H16N2O5. The van der Waals surface area contributed by atoms with Crippen molar-refractivity contribution in [1.29, 1.82) is 0 Å². The van der Waals surface area contributed by atoms with Gasteiger partial charge in [0.2, 0.25) is 5.76 Å². The summed E-state index contributed by atoms with van der Waals surface area (Å²) in [7, 11) is 1.56. The topological polar surface area (TPSA) is 85.8 Å². The van der Waals surface area contributed by atoms with Crippen LogP contribution in [-0.2, 0) is 4.74 Å². The standard InChI is InChI=1S/C18H16N2O5/c1-3-23-18(22)12-7-4-5-8-13(12)20(2)17(21)15-16(25-11-19-15)14-9-6-10-24-14/h4-11H,3H2,1-2H3. The summed E-state index contributed by atoms with van der Waals surface area (Å²) in [6, 6.07) is 10.1. The average molecular weight is 340 g/mol. The van der Waals surface area contributed by atoms with E-state index in [0.717, 1.165) is 0 Å². The van der Waals surface area contributed by atoms with Gasteiger partial charge in [0.15, 0.2) is 17.8 Å². The minimum Gasteiger partial charge on any atom is -0.462 e. The van der Waals surface area contributed by atoms with Gasteiger partial charge in [-0.3, -0.25) is 4.79 Å². The van der Waals surface area contributed by atoms with Crippen LogP contribution in [0.5, 0.6) is 0 Å². The van der Waals surface area contributed by atoms with Gasteiger partial charge in [0, 0.05) is 7.05 Å². The zero-order valence-corrected chi connectivity index (χ0v) is 13.8. The molecule has 0 saturated carbocycles. The molecule has 0 aliphatic heterocycles. The van der Waals surface area contributed by atoms with Crippen LogP contribution in [0.3, 0.4) is 0 Å². The predicted molar refractivity (Wildman–Crippen MR) is 89.3 cm³/mol. The summed E-state index contributed by atoms with van der Waals surface area (Å²) in [5.41, 5.74) is 0.804. The van der Waals surface area contributed by atoms with Crippen LogP contribution in [0.4, 0.5) is 5.69 Å². The molecule has 0 aliphatic carbocycles. The van der Waals surface area contributed by atoms with Crippen molar-refractivity contribution in [1.82, 2.24) is 4.98 Å². The van der Waals surface area contributed by atoms with E-state index in [2.05, 4.69) is 4.98 Å². The van der Waals surface area contributed by atoms with E-state index < -0.39 is 11.9 Å². The second kappa shape index (κ2) is 7.04. The lowest BCUT2D eigenvalue weighted by atomic mass is 10.1. The Morgan fingerprint density at radius 1 is 1.16 bits per heavy atom. The van der Waals surface area contributed by atoms with Crippen molar-refractivity contribution in [2.75, 3.05) is 18.6 Å². The first-order valence-electron chi connectivity index (χ1n) is 7.65. The molecule has 1 aromatic carbocycles. The summed E-state index contributed by atoms with van der Waals surface area (Å²) in [6.07, 6.45) is 2.65. The Morgan fingerprint density at radius 2 is 1.96 bits per heavy atom. The fourth-order valence-electron chi connectivity index (χ4n) is 2.40. The lowest BCUT2D eigenvalue weighted by Gasteiger charge is -2.19. The highest BCUT2D eigenvalue weighted by Gasteiger charge is 2.26. The number of hydrogen-bond donors (Lipinski definition) is 0. The largest absolute Gasteiger partial charge is 0.462 e. The number of anilines is 1. The molecular weight excluding hydrogens is 324 g/mol. The monoisotopic (exact) mass is 340 g/mol. The highest BCUT2D eigenvalue weighted by molar-refractivity contribution is 6.10. The molecule has 2 aromatic heterocycles. The molecule has 2 heterocycles. The van der Waals surface area contributed by atoms with Crippen LogP contribution in [0.1, 0.15) is 27.8 Å². The molecule has 7 heteroatoms. The van der Waals surface area contributed by atoms with Crippen molar-refractivity contribution in [3.8, 4) is 11.5 Å². The fraction of sp³-hybridized carbons (Fsp3) is 0.167. The number of ether oxygens (including phenoxy) is 1. The Balaban J connectivity index is 1.95. The molecule has 0 atom stereocenters. The number of rotatable bonds is 5. The number of carbonyl (C=O) groups excluding carboxylic acids is 2. The van der Waals surface area contributed by atoms with Crippen LogP contribution in [-0.4, -0.2) is 30.5 Å². The molecule has 7 nitrogen and oxygen atoms in total. The first-order valence-corrected chi connectivity index (χ1v) is 7.65. The van der Waals surface area contributed by atoms with E-state index in [-0.39, 0.29) is 18.1 Å². The minimum atomic E-state index is -0.496. The molecule has 3 aromatic rings. The number of amides is 1. The van der Waals surface area contributed by atoms with E-state index in [4.69, 9.17) is 13.6 Å². The Kier molecular flexibility index (Phi) is 4.65. The van der Waals surface area contributed by atoms with Crippen LogP contribution in [0, 0.1) is 0 Å². The molecule has 0 bridgehead atoms. The molecule has 25 heavy (non-hydrogen) atoms. The van der Waals surface area contributed by atoms with E-state index in [9.17, 15) is 9.59 Å². The lowest BCUT2D eigenvalue weighted by molar-refractivity contribution is 0.0527. The third-order valence-electron chi connectivity index (χ3n) is 3.58. The Morgan fingerprint density at radius 3 is 2.68 bits per heavy atom. The SMILES string of the molecule is CCOC(=O)c1ccccc1N(C)C(=O)c1ncoc1-c1ccco1. The Hall–Kier alpha value is -3.35. The number of benzene rings is 1. The van der Waals surface area contributed by atoms with Crippen LogP contribution in [0.25, 0.3) is 11.5 Å². The predicted octanol–water partition coefficient (Wildman–Crippen LogP) is 3.39. The summed E-state index contributed by atoms with van der Waals surface area (Å²) in [4.78, 5) is 30.3. The van der Waals surface area contributed by atoms with Gasteiger partial charge in [0.05, 0.1) is 24.1 Å². The van der Waals surface area contributed by atoms with Gasteiger partial charge in [-0.1, -0.05) is 12.1 Å². The molecule has 0 radical (unpaired) electrons. The van der Waals surface area contributed by atoms with Crippen molar-refractivity contribution in [2.24, 2.45) is 0 Å². The molecule has 0 N–H and O–H groups in total. The maximum absolute atomic E-state index is 12.9. The molecule has 3 rings (SSSR count). The van der Waals surface area contributed by atoms with Crippen LogP contribution in [0.15, 0.2) is 57.9 Å². The highest BCUT2D eigenvalue weighted by Crippen LogP contribution is 2.27. The number of nitrogens with zero attached hydrogens (tertiary/aromatic N) is 2. The van der Waals surface area contributed by atoms with Gasteiger partial charge in [0.25, 0.3) is 5.91 Å². The summed E-state index contributed by atoms with van der Waals surface area (Å²) in [6.45, 7) is 1.97. The van der Waals surface area contributed by atoms with Crippen molar-refractivity contribution in [3.05, 3.63) is 60.3 Å². The number of para-hydroxylation sites is 1. The van der Waals surface area contributed by atoms with E-state index >= 15 is 0 Å². The Bertz CT molecular complexity index is 883. The van der Waals surface area contributed by atoms with Gasteiger partial charge in [-0.2, -0.15) is 0 Å². The second-order valence-electron chi connectivity index (χ2n) is 5.11. The first-order chi connectivity index (χ1) is 12.1. The quantitative estimate of drug-likeness (QED) is 0.662. The maximum atomic E-state index is 12.9. The van der Waals surface area contributed by atoms with Crippen molar-refractivity contribution in [3.63, 3.8) is 0 Å². The van der Waals surface area contributed by atoms with Crippen molar-refractivity contribution < 1.29 is 23.2 Å². The maximum Gasteiger partial charge on any atom is 0.340 e. The minimum absolute atomic E-state index is 0.0936. The molecule has 0 aliphatic rings. The van der Waals surface area contributed by atoms with E-state index in [1.807, 2.05) is 0 Å². The van der Waals surface area contributed by atoms with Crippen molar-refractivity contribution >= 4 is 17.6 Å². The van der Waals surface area contributed by atoms with Crippen LogP contribution >= 0.6 is 0 Å². The van der Waals surface area contributed by atoms with Gasteiger partial charge in [-0.15, -0.1) is 0 Å². The number of aromatic nitrogens is 1. The number of hydrogen-bond acceptors (Lipinski definition) is 6. The molecule has 128 valence electrons. The number of furan rings is 1. The zero-order valence-electron chi connectivity index (χ0n) is 13.8. The first kappa shape index (κ1) is 16.5. The molecule has 1 amide bonds. The third kappa shape index (κ3) is 3.16. The summed E-state index contributed by atoms with van der Waals surface area (Å²) < 4.78 is 15.6. The summed E-state index contributed by atoms with van der Waals surface area (Å²) in [5.74, 6) is -0.301. The highest BCUT2D eigenvalue weighted by atomic mass is 16.5. The van der Waals surface area contributed by atoms with Crippen LogP contribution < -0.4 is 4.90 Å². The number of esters is 1. The second-order valence-corrected chi connectivity index (χ2v) is 5.11. The van der Waals surface area contributed by atoms with Gasteiger partial charge in [0.1, 0.15) is 0 Å². The smallest absolute Gasteiger partial charge is 0.340 e. The van der Waals surface area contributed by atoms with Gasteiger partial charge < -0.3 is 18.5 Å². The van der Waals surface area contributed by atoms with Gasteiger partial charge in [-0.05, 0) is 31.2 Å². The third-order valence-corrected chi connectivity index (χ3v) is 3.58. The molecule has 0 fully saturated rings.